The van der Waals surface area contributed by atoms with E-state index in [0.29, 0.717) is 29.4 Å². The lowest BCUT2D eigenvalue weighted by Crippen LogP contribution is -2.14. The van der Waals surface area contributed by atoms with Crippen LogP contribution in [0.25, 0.3) is 11.4 Å². The van der Waals surface area contributed by atoms with Gasteiger partial charge in [0.1, 0.15) is 5.75 Å². The average molecular weight is 494 g/mol. The van der Waals surface area contributed by atoms with Gasteiger partial charge in [0.15, 0.2) is 6.61 Å². The third kappa shape index (κ3) is 5.85. The van der Waals surface area contributed by atoms with Gasteiger partial charge in [0.25, 0.3) is 15.9 Å². The molecule has 0 amide bonds. The summed E-state index contributed by atoms with van der Waals surface area (Å²) in [6, 6.07) is 19.8. The molecule has 9 nitrogen and oxygen atoms in total. The van der Waals surface area contributed by atoms with E-state index in [0.717, 1.165) is 5.56 Å². The first kappa shape index (κ1) is 24.0. The third-order valence-electron chi connectivity index (χ3n) is 4.87. The summed E-state index contributed by atoms with van der Waals surface area (Å²) < 4.78 is 44.1. The molecule has 1 N–H and O–H groups in total. The number of aryl methyl sites for hydroxylation is 1. The van der Waals surface area contributed by atoms with Crippen LogP contribution in [0.2, 0.25) is 0 Å². The van der Waals surface area contributed by atoms with E-state index in [1.165, 1.54) is 24.3 Å². The second-order valence-corrected chi connectivity index (χ2v) is 9.20. The predicted octanol–water partition coefficient (Wildman–Crippen LogP) is 4.60. The Morgan fingerprint density at radius 3 is 2.63 bits per heavy atom. The molecule has 0 saturated heterocycles. The smallest absolute Gasteiger partial charge is 0.338 e. The highest BCUT2D eigenvalue weighted by Crippen LogP contribution is 2.27. The Kier molecular flexibility index (Phi) is 7.11. The molecule has 4 rings (SSSR count). The van der Waals surface area contributed by atoms with Gasteiger partial charge in [-0.3, -0.25) is 4.72 Å². The molecule has 0 fully saturated rings. The molecular weight excluding hydrogens is 470 g/mol. The van der Waals surface area contributed by atoms with Gasteiger partial charge in [0, 0.05) is 5.69 Å². The maximum Gasteiger partial charge on any atom is 0.338 e. The number of anilines is 1. The van der Waals surface area contributed by atoms with Crippen LogP contribution in [-0.2, 0) is 21.4 Å². The van der Waals surface area contributed by atoms with Gasteiger partial charge in [0.05, 0.1) is 22.6 Å². The van der Waals surface area contributed by atoms with Crippen molar-refractivity contribution in [1.29, 1.82) is 0 Å². The van der Waals surface area contributed by atoms with Crippen molar-refractivity contribution >= 4 is 21.7 Å². The minimum atomic E-state index is -3.90. The molecular formula is C25H23N3O6S. The van der Waals surface area contributed by atoms with Gasteiger partial charge >= 0.3 is 5.97 Å². The molecule has 0 atom stereocenters. The fourth-order valence-corrected chi connectivity index (χ4v) is 4.37. The normalized spacial score (nSPS) is 11.1. The molecule has 180 valence electrons. The van der Waals surface area contributed by atoms with Crippen LogP contribution in [0.4, 0.5) is 5.69 Å². The third-order valence-corrected chi connectivity index (χ3v) is 6.25. The molecule has 0 spiro atoms. The molecule has 1 aromatic heterocycles. The summed E-state index contributed by atoms with van der Waals surface area (Å²) in [4.78, 5) is 16.8. The van der Waals surface area contributed by atoms with Crippen LogP contribution in [0.3, 0.4) is 0 Å². The molecule has 1 heterocycles. The number of benzene rings is 3. The van der Waals surface area contributed by atoms with Crippen molar-refractivity contribution in [3.8, 4) is 17.1 Å². The van der Waals surface area contributed by atoms with Crippen molar-refractivity contribution in [2.75, 3.05) is 11.3 Å². The number of sulfonamides is 1. The summed E-state index contributed by atoms with van der Waals surface area (Å²) in [7, 11) is -3.90. The second kappa shape index (κ2) is 10.4. The number of carbonyl (C=O) groups is 1. The van der Waals surface area contributed by atoms with E-state index in [2.05, 4.69) is 14.9 Å². The molecule has 3 aromatic carbocycles. The minimum Gasteiger partial charge on any atom is -0.493 e. The van der Waals surface area contributed by atoms with Crippen molar-refractivity contribution in [3.63, 3.8) is 0 Å². The maximum absolute atomic E-state index is 12.8. The number of nitrogens with one attached hydrogen (secondary N) is 1. The van der Waals surface area contributed by atoms with Crippen LogP contribution in [0, 0.1) is 6.92 Å². The SMILES string of the molecule is CCOc1ccccc1-c1noc(COC(=O)c2cccc(S(=O)(=O)Nc3cccc(C)c3)c2)n1. The summed E-state index contributed by atoms with van der Waals surface area (Å²) in [6.45, 7) is 3.94. The maximum atomic E-state index is 12.8. The Bertz CT molecular complexity index is 1450. The Balaban J connectivity index is 1.44. The number of carbonyl (C=O) groups excluding carboxylic acids is 1. The van der Waals surface area contributed by atoms with Crippen LogP contribution in [0.1, 0.15) is 28.7 Å². The van der Waals surface area contributed by atoms with Crippen molar-refractivity contribution in [1.82, 2.24) is 10.1 Å². The van der Waals surface area contributed by atoms with Gasteiger partial charge in [-0.2, -0.15) is 4.98 Å². The van der Waals surface area contributed by atoms with Gasteiger partial charge < -0.3 is 14.0 Å². The van der Waals surface area contributed by atoms with E-state index in [1.807, 2.05) is 32.0 Å². The average Bonchev–Trinajstić information content (AvgIpc) is 3.32. The highest BCUT2D eigenvalue weighted by molar-refractivity contribution is 7.92. The number of ether oxygens (including phenoxy) is 2. The van der Waals surface area contributed by atoms with E-state index in [9.17, 15) is 13.2 Å². The number of hydrogen-bond donors (Lipinski definition) is 1. The van der Waals surface area contributed by atoms with Crippen molar-refractivity contribution in [2.45, 2.75) is 25.3 Å². The Morgan fingerprint density at radius 1 is 1.03 bits per heavy atom. The fourth-order valence-electron chi connectivity index (χ4n) is 3.28. The molecule has 0 bridgehead atoms. The zero-order valence-corrected chi connectivity index (χ0v) is 19.9. The quantitative estimate of drug-likeness (QED) is 0.336. The molecule has 0 aliphatic heterocycles. The molecule has 0 aliphatic rings. The number of esters is 1. The molecule has 35 heavy (non-hydrogen) atoms. The molecule has 10 heteroatoms. The second-order valence-electron chi connectivity index (χ2n) is 7.52. The van der Waals surface area contributed by atoms with E-state index >= 15 is 0 Å². The number of para-hydroxylation sites is 1. The van der Waals surface area contributed by atoms with Crippen molar-refractivity contribution < 1.29 is 27.2 Å². The molecule has 0 radical (unpaired) electrons. The lowest BCUT2D eigenvalue weighted by atomic mass is 10.2. The Hall–Kier alpha value is -4.18. The van der Waals surface area contributed by atoms with Gasteiger partial charge in [0.2, 0.25) is 5.82 Å². The largest absolute Gasteiger partial charge is 0.493 e. The summed E-state index contributed by atoms with van der Waals surface area (Å²) in [5.74, 6) is 0.267. The van der Waals surface area contributed by atoms with Crippen molar-refractivity contribution in [2.24, 2.45) is 0 Å². The highest BCUT2D eigenvalue weighted by Gasteiger charge is 2.19. The van der Waals surface area contributed by atoms with E-state index in [-0.39, 0.29) is 23.0 Å². The van der Waals surface area contributed by atoms with Gasteiger partial charge in [-0.05, 0) is 61.9 Å². The number of hydrogen-bond acceptors (Lipinski definition) is 8. The first-order chi connectivity index (χ1) is 16.9. The topological polar surface area (TPSA) is 121 Å². The summed E-state index contributed by atoms with van der Waals surface area (Å²) in [5, 5.41) is 3.93. The molecule has 4 aromatic rings. The number of aromatic nitrogens is 2. The van der Waals surface area contributed by atoms with Gasteiger partial charge in [-0.25, -0.2) is 13.2 Å². The minimum absolute atomic E-state index is 0.0681. The monoisotopic (exact) mass is 493 g/mol. The predicted molar refractivity (Wildman–Crippen MR) is 128 cm³/mol. The fraction of sp³-hybridized carbons (Fsp3) is 0.160. The van der Waals surface area contributed by atoms with Crippen molar-refractivity contribution in [3.05, 3.63) is 89.8 Å². The summed E-state index contributed by atoms with van der Waals surface area (Å²) in [6.07, 6.45) is 0. The number of rotatable bonds is 9. The highest BCUT2D eigenvalue weighted by atomic mass is 32.2. The van der Waals surface area contributed by atoms with E-state index in [1.54, 1.807) is 30.3 Å². The van der Waals surface area contributed by atoms with Crippen LogP contribution in [0.5, 0.6) is 5.75 Å². The lowest BCUT2D eigenvalue weighted by Gasteiger charge is -2.10. The Labute approximate surface area is 202 Å². The van der Waals surface area contributed by atoms with Gasteiger partial charge in [-0.15, -0.1) is 0 Å². The Morgan fingerprint density at radius 2 is 1.83 bits per heavy atom. The zero-order chi connectivity index (χ0) is 24.8. The first-order valence-electron chi connectivity index (χ1n) is 10.8. The van der Waals surface area contributed by atoms with Gasteiger partial charge in [-0.1, -0.05) is 35.5 Å². The summed E-state index contributed by atoms with van der Waals surface area (Å²) >= 11 is 0. The molecule has 0 saturated carbocycles. The zero-order valence-electron chi connectivity index (χ0n) is 19.1. The summed E-state index contributed by atoms with van der Waals surface area (Å²) in [5.41, 5.74) is 2.05. The van der Waals surface area contributed by atoms with E-state index < -0.39 is 16.0 Å². The van der Waals surface area contributed by atoms with Crippen LogP contribution in [-0.4, -0.2) is 31.1 Å². The number of nitrogens with zero attached hydrogens (tertiary/aromatic N) is 2. The van der Waals surface area contributed by atoms with Crippen LogP contribution in [0.15, 0.2) is 82.2 Å². The molecule has 0 aliphatic carbocycles. The standard InChI is InChI=1S/C25H23N3O6S/c1-3-32-22-13-5-4-12-21(22)24-26-23(34-27-24)16-33-25(29)18-9-7-11-20(15-18)35(30,31)28-19-10-6-8-17(2)14-19/h4-15,28H,3,16H2,1-2H3. The lowest BCUT2D eigenvalue weighted by molar-refractivity contribution is 0.0429. The van der Waals surface area contributed by atoms with Crippen LogP contribution >= 0.6 is 0 Å². The van der Waals surface area contributed by atoms with E-state index in [4.69, 9.17) is 14.0 Å². The first-order valence-corrected chi connectivity index (χ1v) is 12.3. The van der Waals surface area contributed by atoms with Crippen LogP contribution < -0.4 is 9.46 Å². The molecule has 0 unspecified atom stereocenters.